The lowest BCUT2D eigenvalue weighted by molar-refractivity contribution is -0.134. The maximum atomic E-state index is 13.0. The molecule has 0 spiro atoms. The van der Waals surface area contributed by atoms with Crippen molar-refractivity contribution in [3.8, 4) is 0 Å². The fourth-order valence-corrected chi connectivity index (χ4v) is 5.06. The number of carbonyl (C=O) groups excluding carboxylic acids is 1. The average molecular weight is 388 g/mol. The largest absolute Gasteiger partial charge is 0.394 e. The number of aliphatic hydroxyl groups is 1. The van der Waals surface area contributed by atoms with Crippen molar-refractivity contribution in [2.75, 3.05) is 13.2 Å². The minimum atomic E-state index is -0.262. The summed E-state index contributed by atoms with van der Waals surface area (Å²) in [4.78, 5) is 29.1. The van der Waals surface area contributed by atoms with Gasteiger partial charge in [-0.25, -0.2) is 4.68 Å². The highest BCUT2D eigenvalue weighted by atomic mass is 32.1. The van der Waals surface area contributed by atoms with Crippen molar-refractivity contribution in [1.29, 1.82) is 0 Å². The second kappa shape index (κ2) is 7.09. The van der Waals surface area contributed by atoms with E-state index < -0.39 is 0 Å². The molecule has 0 radical (unpaired) electrons. The lowest BCUT2D eigenvalue weighted by Gasteiger charge is -2.33. The number of thiophene rings is 1. The first-order valence-corrected chi connectivity index (χ1v) is 10.2. The number of aromatic nitrogens is 3. The zero-order chi connectivity index (χ0) is 19.1. The van der Waals surface area contributed by atoms with Crippen LogP contribution in [0.1, 0.15) is 31.1 Å². The molecular weight excluding hydrogens is 364 g/mol. The number of amides is 1. The second-order valence-corrected chi connectivity index (χ2v) is 8.50. The van der Waals surface area contributed by atoms with Crippen LogP contribution in [0.4, 0.5) is 0 Å². The van der Waals surface area contributed by atoms with Gasteiger partial charge in [-0.15, -0.1) is 11.3 Å². The van der Waals surface area contributed by atoms with Crippen LogP contribution in [0.5, 0.6) is 0 Å². The number of aryl methyl sites for hydroxylation is 1. The first kappa shape index (κ1) is 18.2. The fraction of sp³-hybridized carbons (Fsp3) is 0.526. The number of rotatable bonds is 4. The van der Waals surface area contributed by atoms with E-state index in [1.165, 1.54) is 4.68 Å². The number of hydrogen-bond donors (Lipinski definition) is 1. The summed E-state index contributed by atoms with van der Waals surface area (Å²) in [5, 5.41) is 14.2. The van der Waals surface area contributed by atoms with E-state index in [1.54, 1.807) is 17.5 Å². The Morgan fingerprint density at radius 2 is 2.22 bits per heavy atom. The molecule has 7 nitrogen and oxygen atoms in total. The van der Waals surface area contributed by atoms with Crippen molar-refractivity contribution in [3.05, 3.63) is 27.5 Å². The van der Waals surface area contributed by atoms with Crippen molar-refractivity contribution < 1.29 is 9.90 Å². The maximum absolute atomic E-state index is 13.0. The van der Waals surface area contributed by atoms with Crippen LogP contribution in [0.2, 0.25) is 0 Å². The number of likely N-dealkylation sites (tertiary alicyclic amines) is 1. The van der Waals surface area contributed by atoms with Gasteiger partial charge < -0.3 is 14.6 Å². The molecule has 1 unspecified atom stereocenters. The molecule has 1 aliphatic heterocycles. The van der Waals surface area contributed by atoms with E-state index in [0.29, 0.717) is 5.52 Å². The summed E-state index contributed by atoms with van der Waals surface area (Å²) < 4.78 is 4.10. The summed E-state index contributed by atoms with van der Waals surface area (Å²) in [7, 11) is 0. The van der Waals surface area contributed by atoms with E-state index in [2.05, 4.69) is 12.0 Å². The van der Waals surface area contributed by atoms with E-state index in [9.17, 15) is 14.7 Å². The minimum absolute atomic E-state index is 0.0507. The third-order valence-electron chi connectivity index (χ3n) is 5.39. The number of piperidine rings is 1. The van der Waals surface area contributed by atoms with Crippen molar-refractivity contribution in [1.82, 2.24) is 19.2 Å². The Hall–Kier alpha value is -2.19. The number of carbonyl (C=O) groups is 1. The van der Waals surface area contributed by atoms with Gasteiger partial charge in [-0.2, -0.15) is 5.10 Å². The summed E-state index contributed by atoms with van der Waals surface area (Å²) in [6.45, 7) is 5.03. The van der Waals surface area contributed by atoms with Gasteiger partial charge in [-0.3, -0.25) is 9.59 Å². The van der Waals surface area contributed by atoms with Crippen molar-refractivity contribution in [3.63, 3.8) is 0 Å². The third-order valence-corrected chi connectivity index (χ3v) is 6.46. The van der Waals surface area contributed by atoms with Gasteiger partial charge in [-0.1, -0.05) is 0 Å². The second-order valence-electron chi connectivity index (χ2n) is 7.25. The highest BCUT2D eigenvalue weighted by molar-refractivity contribution is 7.20. The van der Waals surface area contributed by atoms with Gasteiger partial charge in [0.2, 0.25) is 5.91 Å². The molecule has 4 rings (SSSR count). The normalized spacial score (nSPS) is 17.9. The smallest absolute Gasteiger partial charge is 0.291 e. The maximum Gasteiger partial charge on any atom is 0.291 e. The van der Waals surface area contributed by atoms with E-state index in [1.807, 2.05) is 22.5 Å². The van der Waals surface area contributed by atoms with Crippen LogP contribution in [-0.4, -0.2) is 49.5 Å². The Morgan fingerprint density at radius 1 is 1.41 bits per heavy atom. The molecule has 3 aromatic heterocycles. The van der Waals surface area contributed by atoms with Gasteiger partial charge in [0.15, 0.2) is 0 Å². The molecule has 1 saturated heterocycles. The fourth-order valence-electron chi connectivity index (χ4n) is 4.03. The number of fused-ring (bicyclic) bond motifs is 3. The minimum Gasteiger partial charge on any atom is -0.394 e. The van der Waals surface area contributed by atoms with Crippen LogP contribution in [0.15, 0.2) is 17.1 Å². The Morgan fingerprint density at radius 3 is 2.96 bits per heavy atom. The van der Waals surface area contributed by atoms with Gasteiger partial charge in [0, 0.05) is 22.8 Å². The molecule has 4 heterocycles. The van der Waals surface area contributed by atoms with Crippen LogP contribution in [-0.2, 0) is 17.9 Å². The number of nitrogens with zero attached hydrogens (tertiary/aromatic N) is 4. The first-order chi connectivity index (χ1) is 13.0. The summed E-state index contributed by atoms with van der Waals surface area (Å²) >= 11 is 1.61. The molecule has 1 N–H and O–H groups in total. The number of hydrogen-bond acceptors (Lipinski definition) is 5. The Kier molecular flexibility index (Phi) is 4.77. The standard InChI is InChI=1S/C19H24N4O3S/c1-12-5-3-4-6-21(12)16(25)11-22-15-9-13(2)27-18(15)14-10-20-23(7-8-24)19(26)17(14)22/h9-10,12,24H,3-8,11H2,1-2H3. The van der Waals surface area contributed by atoms with Crippen LogP contribution in [0, 0.1) is 6.92 Å². The van der Waals surface area contributed by atoms with Gasteiger partial charge >= 0.3 is 0 Å². The Balaban J connectivity index is 1.84. The van der Waals surface area contributed by atoms with E-state index in [0.717, 1.165) is 46.3 Å². The van der Waals surface area contributed by atoms with Gasteiger partial charge in [-0.05, 0) is 39.2 Å². The third kappa shape index (κ3) is 3.06. The zero-order valence-electron chi connectivity index (χ0n) is 15.6. The van der Waals surface area contributed by atoms with Gasteiger partial charge in [0.1, 0.15) is 12.1 Å². The lowest BCUT2D eigenvalue weighted by atomic mass is 10.0. The summed E-state index contributed by atoms with van der Waals surface area (Å²) in [5.41, 5.74) is 1.14. The number of aliphatic hydroxyl groups excluding tert-OH is 1. The van der Waals surface area contributed by atoms with Crippen molar-refractivity contribution >= 4 is 38.4 Å². The molecule has 1 aliphatic rings. The molecule has 27 heavy (non-hydrogen) atoms. The topological polar surface area (TPSA) is 80.4 Å². The summed E-state index contributed by atoms with van der Waals surface area (Å²) in [6, 6.07) is 2.27. The van der Waals surface area contributed by atoms with Gasteiger partial charge in [0.25, 0.3) is 5.56 Å². The van der Waals surface area contributed by atoms with Crippen LogP contribution >= 0.6 is 11.3 Å². The van der Waals surface area contributed by atoms with Crippen LogP contribution in [0.25, 0.3) is 21.1 Å². The van der Waals surface area contributed by atoms with Crippen molar-refractivity contribution in [2.45, 2.75) is 52.2 Å². The average Bonchev–Trinajstić information content (AvgIpc) is 3.15. The Bertz CT molecular complexity index is 1060. The molecule has 3 aromatic rings. The summed E-state index contributed by atoms with van der Waals surface area (Å²) in [5.74, 6) is 0.0507. The molecule has 1 atom stereocenters. The molecule has 1 amide bonds. The molecule has 0 aliphatic carbocycles. The van der Waals surface area contributed by atoms with Gasteiger partial charge in [0.05, 0.1) is 29.6 Å². The predicted octanol–water partition coefficient (Wildman–Crippen LogP) is 2.11. The SMILES string of the molecule is Cc1cc2c(s1)c1cnn(CCO)c(=O)c1n2CC(=O)N1CCCCC1C. The van der Waals surface area contributed by atoms with E-state index in [4.69, 9.17) is 0 Å². The highest BCUT2D eigenvalue weighted by Crippen LogP contribution is 2.33. The molecular formula is C19H24N4O3S. The van der Waals surface area contributed by atoms with E-state index >= 15 is 0 Å². The monoisotopic (exact) mass is 388 g/mol. The van der Waals surface area contributed by atoms with Crippen molar-refractivity contribution in [2.24, 2.45) is 0 Å². The molecule has 1 fully saturated rings. The van der Waals surface area contributed by atoms with Crippen LogP contribution < -0.4 is 5.56 Å². The van der Waals surface area contributed by atoms with Crippen LogP contribution in [0.3, 0.4) is 0 Å². The predicted molar refractivity (Wildman–Crippen MR) is 106 cm³/mol. The lowest BCUT2D eigenvalue weighted by Crippen LogP contribution is -2.43. The molecule has 0 aromatic carbocycles. The molecule has 8 heteroatoms. The highest BCUT2D eigenvalue weighted by Gasteiger charge is 2.26. The molecule has 0 saturated carbocycles. The van der Waals surface area contributed by atoms with E-state index in [-0.39, 0.29) is 37.2 Å². The summed E-state index contributed by atoms with van der Waals surface area (Å²) in [6.07, 6.45) is 4.89. The Labute approximate surface area is 160 Å². The first-order valence-electron chi connectivity index (χ1n) is 9.40. The zero-order valence-corrected chi connectivity index (χ0v) is 16.5. The quantitative estimate of drug-likeness (QED) is 0.742. The molecule has 144 valence electrons. The molecule has 0 bridgehead atoms.